The van der Waals surface area contributed by atoms with Gasteiger partial charge < -0.3 is 5.11 Å². The van der Waals surface area contributed by atoms with Crippen LogP contribution in [0.4, 0.5) is 0 Å². The first-order valence-corrected chi connectivity index (χ1v) is 7.24. The lowest BCUT2D eigenvalue weighted by molar-refractivity contribution is 0.173. The van der Waals surface area contributed by atoms with Crippen LogP contribution in [-0.2, 0) is 13.2 Å². The van der Waals surface area contributed by atoms with E-state index in [-0.39, 0.29) is 6.61 Å². The lowest BCUT2D eigenvalue weighted by Crippen LogP contribution is -2.22. The van der Waals surface area contributed by atoms with Crippen molar-refractivity contribution in [2.45, 2.75) is 39.1 Å². The molecule has 3 rings (SSSR count). The Bertz CT molecular complexity index is 594. The number of hydrogen-bond acceptors (Lipinski definition) is 2. The van der Waals surface area contributed by atoms with E-state index in [9.17, 15) is 5.11 Å². The van der Waals surface area contributed by atoms with Gasteiger partial charge in [-0.2, -0.15) is 0 Å². The maximum Gasteiger partial charge on any atom is 0.0681 e. The molecule has 0 amide bonds. The highest BCUT2D eigenvalue weighted by molar-refractivity contribution is 5.40. The van der Waals surface area contributed by atoms with Crippen LogP contribution in [0, 0.1) is 0 Å². The van der Waals surface area contributed by atoms with Crippen molar-refractivity contribution in [3.05, 3.63) is 70.8 Å². The molecule has 0 saturated carbocycles. The van der Waals surface area contributed by atoms with Gasteiger partial charge in [0.15, 0.2) is 0 Å². The first-order valence-electron chi connectivity index (χ1n) is 7.24. The van der Waals surface area contributed by atoms with Crippen molar-refractivity contribution < 1.29 is 5.11 Å². The average Bonchev–Trinajstić information content (AvgIpc) is 2.73. The molecule has 2 heteroatoms. The van der Waals surface area contributed by atoms with E-state index in [4.69, 9.17) is 0 Å². The van der Waals surface area contributed by atoms with Crippen molar-refractivity contribution in [2.75, 3.05) is 0 Å². The SMILES string of the molecule is CC1c2ccc(CO)cc2C(C)N1Cc1ccccc1. The average molecular weight is 267 g/mol. The molecule has 1 N–H and O–H groups in total. The minimum atomic E-state index is 0.118. The van der Waals surface area contributed by atoms with E-state index in [0.717, 1.165) is 12.1 Å². The summed E-state index contributed by atoms with van der Waals surface area (Å²) < 4.78 is 0. The maximum atomic E-state index is 9.31. The number of fused-ring (bicyclic) bond motifs is 1. The molecule has 2 aromatic carbocycles. The van der Waals surface area contributed by atoms with Gasteiger partial charge in [-0.3, -0.25) is 4.90 Å². The molecule has 1 heterocycles. The summed E-state index contributed by atoms with van der Waals surface area (Å²) in [5.41, 5.74) is 5.11. The topological polar surface area (TPSA) is 23.5 Å². The lowest BCUT2D eigenvalue weighted by atomic mass is 10.0. The molecule has 2 atom stereocenters. The van der Waals surface area contributed by atoms with Gasteiger partial charge in [0.1, 0.15) is 0 Å². The smallest absolute Gasteiger partial charge is 0.0681 e. The first kappa shape index (κ1) is 13.3. The van der Waals surface area contributed by atoms with Crippen LogP contribution in [0.1, 0.15) is 48.2 Å². The molecule has 0 saturated heterocycles. The molecule has 0 aromatic heterocycles. The predicted octanol–water partition coefficient (Wildman–Crippen LogP) is 3.82. The number of rotatable bonds is 3. The lowest BCUT2D eigenvalue weighted by Gasteiger charge is -2.26. The molecule has 0 fully saturated rings. The van der Waals surface area contributed by atoms with Gasteiger partial charge in [-0.25, -0.2) is 0 Å². The number of aliphatic hydroxyl groups is 1. The second kappa shape index (κ2) is 5.39. The molecule has 0 spiro atoms. The Balaban J connectivity index is 1.89. The monoisotopic (exact) mass is 267 g/mol. The largest absolute Gasteiger partial charge is 0.392 e. The number of benzene rings is 2. The molecule has 104 valence electrons. The second-order valence-electron chi connectivity index (χ2n) is 5.63. The van der Waals surface area contributed by atoms with E-state index >= 15 is 0 Å². The zero-order chi connectivity index (χ0) is 14.1. The van der Waals surface area contributed by atoms with Gasteiger partial charge in [-0.1, -0.05) is 48.5 Å². The quantitative estimate of drug-likeness (QED) is 0.914. The van der Waals surface area contributed by atoms with Crippen LogP contribution in [0.5, 0.6) is 0 Å². The highest BCUT2D eigenvalue weighted by atomic mass is 16.3. The number of nitrogens with zero attached hydrogens (tertiary/aromatic N) is 1. The Hall–Kier alpha value is -1.64. The van der Waals surface area contributed by atoms with E-state index in [2.05, 4.69) is 61.2 Å². The Morgan fingerprint density at radius 2 is 1.60 bits per heavy atom. The highest BCUT2D eigenvalue weighted by Gasteiger charge is 2.32. The van der Waals surface area contributed by atoms with E-state index < -0.39 is 0 Å². The highest BCUT2D eigenvalue weighted by Crippen LogP contribution is 2.42. The summed E-state index contributed by atoms with van der Waals surface area (Å²) in [6, 6.07) is 17.8. The Morgan fingerprint density at radius 3 is 2.30 bits per heavy atom. The van der Waals surface area contributed by atoms with Crippen LogP contribution in [0.3, 0.4) is 0 Å². The van der Waals surface area contributed by atoms with Crippen LogP contribution >= 0.6 is 0 Å². The third kappa shape index (κ3) is 2.26. The molecule has 2 unspecified atom stereocenters. The molecule has 0 bridgehead atoms. The zero-order valence-corrected chi connectivity index (χ0v) is 12.1. The summed E-state index contributed by atoms with van der Waals surface area (Å²) in [4.78, 5) is 2.52. The van der Waals surface area contributed by atoms with Crippen LogP contribution in [0.2, 0.25) is 0 Å². The standard InChI is InChI=1S/C18H21NO/c1-13-17-9-8-16(12-20)10-18(17)14(2)19(13)11-15-6-4-3-5-7-15/h3-10,13-14,20H,11-12H2,1-2H3. The summed E-state index contributed by atoms with van der Waals surface area (Å²) in [5, 5.41) is 9.31. The summed E-state index contributed by atoms with van der Waals surface area (Å²) >= 11 is 0. The van der Waals surface area contributed by atoms with Gasteiger partial charge in [0.05, 0.1) is 6.61 Å². The second-order valence-corrected chi connectivity index (χ2v) is 5.63. The number of hydrogen-bond donors (Lipinski definition) is 1. The molecule has 20 heavy (non-hydrogen) atoms. The maximum absolute atomic E-state index is 9.31. The summed E-state index contributed by atoms with van der Waals surface area (Å²) in [7, 11) is 0. The Kier molecular flexibility index (Phi) is 3.60. The van der Waals surface area contributed by atoms with Gasteiger partial charge in [0, 0.05) is 18.6 Å². The van der Waals surface area contributed by atoms with Gasteiger partial charge in [0.25, 0.3) is 0 Å². The van der Waals surface area contributed by atoms with Crippen molar-refractivity contribution in [3.8, 4) is 0 Å². The molecule has 2 nitrogen and oxygen atoms in total. The van der Waals surface area contributed by atoms with Crippen LogP contribution in [0.25, 0.3) is 0 Å². The van der Waals surface area contributed by atoms with Crippen molar-refractivity contribution in [2.24, 2.45) is 0 Å². The molecule has 0 radical (unpaired) electrons. The van der Waals surface area contributed by atoms with Gasteiger partial charge in [0.2, 0.25) is 0 Å². The van der Waals surface area contributed by atoms with E-state index in [1.165, 1.54) is 16.7 Å². The van der Waals surface area contributed by atoms with Crippen molar-refractivity contribution in [1.82, 2.24) is 4.90 Å². The molecule has 0 aliphatic carbocycles. The zero-order valence-electron chi connectivity index (χ0n) is 12.1. The molecule has 2 aromatic rings. The Labute approximate surface area is 120 Å². The Morgan fingerprint density at radius 1 is 0.900 bits per heavy atom. The van der Waals surface area contributed by atoms with Gasteiger partial charge in [-0.05, 0) is 36.1 Å². The fourth-order valence-electron chi connectivity index (χ4n) is 3.23. The van der Waals surface area contributed by atoms with E-state index in [1.54, 1.807) is 0 Å². The summed E-state index contributed by atoms with van der Waals surface area (Å²) in [5.74, 6) is 0. The molecular formula is C18H21NO. The predicted molar refractivity (Wildman–Crippen MR) is 81.2 cm³/mol. The third-order valence-electron chi connectivity index (χ3n) is 4.44. The van der Waals surface area contributed by atoms with Crippen LogP contribution in [-0.4, -0.2) is 10.0 Å². The minimum absolute atomic E-state index is 0.118. The van der Waals surface area contributed by atoms with Crippen molar-refractivity contribution >= 4 is 0 Å². The fourth-order valence-corrected chi connectivity index (χ4v) is 3.23. The molecular weight excluding hydrogens is 246 g/mol. The number of aliphatic hydroxyl groups excluding tert-OH is 1. The minimum Gasteiger partial charge on any atom is -0.392 e. The van der Waals surface area contributed by atoms with Crippen LogP contribution in [0.15, 0.2) is 48.5 Å². The molecule has 1 aliphatic heterocycles. The molecule has 1 aliphatic rings. The van der Waals surface area contributed by atoms with Crippen LogP contribution < -0.4 is 0 Å². The third-order valence-corrected chi connectivity index (χ3v) is 4.44. The van der Waals surface area contributed by atoms with E-state index in [0.29, 0.717) is 12.1 Å². The van der Waals surface area contributed by atoms with Crippen molar-refractivity contribution in [3.63, 3.8) is 0 Å². The van der Waals surface area contributed by atoms with Gasteiger partial charge in [-0.15, -0.1) is 0 Å². The fraction of sp³-hybridized carbons (Fsp3) is 0.333. The summed E-state index contributed by atoms with van der Waals surface area (Å²) in [6.07, 6.45) is 0. The summed E-state index contributed by atoms with van der Waals surface area (Å²) in [6.45, 7) is 5.61. The normalized spacial score (nSPS) is 21.9. The first-order chi connectivity index (χ1) is 9.70. The van der Waals surface area contributed by atoms with E-state index in [1.807, 2.05) is 6.07 Å². The van der Waals surface area contributed by atoms with Gasteiger partial charge >= 0.3 is 0 Å². The van der Waals surface area contributed by atoms with Crippen molar-refractivity contribution in [1.29, 1.82) is 0 Å².